The molecule has 0 radical (unpaired) electrons. The lowest BCUT2D eigenvalue weighted by Crippen LogP contribution is -2.37. The number of rotatable bonds is 16. The summed E-state index contributed by atoms with van der Waals surface area (Å²) in [7, 11) is -4.54. The summed E-state index contributed by atoms with van der Waals surface area (Å²) in [4.78, 5) is 17.1. The lowest BCUT2D eigenvalue weighted by Gasteiger charge is -2.15. The molecule has 6 nitrogen and oxygen atoms in total. The summed E-state index contributed by atoms with van der Waals surface area (Å²) in [5, 5.41) is 9.73. The fourth-order valence-electron chi connectivity index (χ4n) is 2.31. The summed E-state index contributed by atoms with van der Waals surface area (Å²) in [6, 6.07) is -0.864. The Balaban J connectivity index is 3.59. The first-order valence-electron chi connectivity index (χ1n) is 9.32. The molecule has 7 heteroatoms. The van der Waals surface area contributed by atoms with Gasteiger partial charge in [-0.25, -0.2) is 4.57 Å². The van der Waals surface area contributed by atoms with Crippen LogP contribution in [0.5, 0.6) is 0 Å². The highest BCUT2D eigenvalue weighted by atomic mass is 31.2. The molecule has 0 fully saturated rings. The molecule has 0 bridgehead atoms. The van der Waals surface area contributed by atoms with E-state index in [2.05, 4.69) is 23.6 Å². The van der Waals surface area contributed by atoms with E-state index in [1.807, 2.05) is 6.08 Å². The Morgan fingerprint density at radius 2 is 1.52 bits per heavy atom. The van der Waals surface area contributed by atoms with Crippen molar-refractivity contribution in [2.45, 2.75) is 83.3 Å². The number of hydrogen-bond donors (Lipinski definition) is 4. The Labute approximate surface area is 152 Å². The van der Waals surface area contributed by atoms with Crippen molar-refractivity contribution in [3.8, 4) is 0 Å². The van der Waals surface area contributed by atoms with Crippen LogP contribution in [0, 0.1) is 0 Å². The molecule has 5 N–H and O–H groups in total. The second-order valence-electron chi connectivity index (χ2n) is 6.33. The van der Waals surface area contributed by atoms with Crippen molar-refractivity contribution in [2.75, 3.05) is 6.61 Å². The van der Waals surface area contributed by atoms with Crippen LogP contribution >= 0.6 is 7.82 Å². The maximum absolute atomic E-state index is 10.6. The molecule has 0 heterocycles. The van der Waals surface area contributed by atoms with Crippen LogP contribution in [0.15, 0.2) is 24.3 Å². The number of phosphoric ester groups is 1. The molecule has 0 saturated carbocycles. The third-order valence-corrected chi connectivity index (χ3v) is 4.33. The third kappa shape index (κ3) is 18.1. The summed E-state index contributed by atoms with van der Waals surface area (Å²) < 4.78 is 14.8. The molecule has 0 aromatic heterocycles. The fourth-order valence-corrected chi connectivity index (χ4v) is 2.67. The molecule has 0 unspecified atom stereocenters. The van der Waals surface area contributed by atoms with E-state index in [-0.39, 0.29) is 0 Å². The molecular weight excluding hydrogens is 341 g/mol. The molecule has 0 aliphatic carbocycles. The van der Waals surface area contributed by atoms with Crippen LogP contribution in [0.25, 0.3) is 0 Å². The van der Waals surface area contributed by atoms with Gasteiger partial charge in [0.1, 0.15) is 0 Å². The van der Waals surface area contributed by atoms with Gasteiger partial charge in [-0.15, -0.1) is 0 Å². The molecule has 148 valence electrons. The van der Waals surface area contributed by atoms with E-state index < -0.39 is 26.6 Å². The Morgan fingerprint density at radius 3 is 2.16 bits per heavy atom. The zero-order valence-corrected chi connectivity index (χ0v) is 16.3. The number of allylic oxidation sites excluding steroid dienone is 3. The van der Waals surface area contributed by atoms with Crippen LogP contribution in [0.1, 0.15) is 71.1 Å². The normalized spacial score (nSPS) is 15.2. The van der Waals surface area contributed by atoms with Crippen molar-refractivity contribution < 1.29 is 24.0 Å². The molecule has 0 saturated heterocycles. The number of phosphoric acid groups is 1. The molecule has 0 aliphatic heterocycles. The first kappa shape index (κ1) is 24.5. The van der Waals surface area contributed by atoms with Crippen LogP contribution in [-0.4, -0.2) is 33.6 Å². The minimum atomic E-state index is -4.54. The monoisotopic (exact) mass is 377 g/mol. The predicted molar refractivity (Wildman–Crippen MR) is 102 cm³/mol. The fraction of sp³-hybridized carbons (Fsp3) is 0.778. The van der Waals surface area contributed by atoms with E-state index in [1.165, 1.54) is 51.0 Å². The highest BCUT2D eigenvalue weighted by Gasteiger charge is 2.19. The van der Waals surface area contributed by atoms with Gasteiger partial charge in [-0.1, -0.05) is 69.8 Å². The Kier molecular flexibility index (Phi) is 15.4. The minimum absolute atomic E-state index is 0.395. The van der Waals surface area contributed by atoms with E-state index >= 15 is 0 Å². The SMILES string of the molecule is CCCCCCCCC/C=C/CC/C=C/[C@@H](O)[C@@H](N)COP(=O)(O)O. The van der Waals surface area contributed by atoms with E-state index in [0.717, 1.165) is 19.3 Å². The number of nitrogens with two attached hydrogens (primary N) is 1. The molecule has 0 aromatic carbocycles. The van der Waals surface area contributed by atoms with Crippen LogP contribution in [0.3, 0.4) is 0 Å². The van der Waals surface area contributed by atoms with Gasteiger partial charge in [0.15, 0.2) is 0 Å². The van der Waals surface area contributed by atoms with Gasteiger partial charge in [0.2, 0.25) is 0 Å². The van der Waals surface area contributed by atoms with Crippen molar-refractivity contribution in [1.29, 1.82) is 0 Å². The van der Waals surface area contributed by atoms with Crippen molar-refractivity contribution in [1.82, 2.24) is 0 Å². The first-order valence-corrected chi connectivity index (χ1v) is 10.8. The van der Waals surface area contributed by atoms with Gasteiger partial charge in [0, 0.05) is 0 Å². The summed E-state index contributed by atoms with van der Waals surface area (Å²) in [6.07, 6.45) is 18.8. The quantitative estimate of drug-likeness (QED) is 0.185. The molecule has 0 rings (SSSR count). The standard InChI is InChI=1S/C18H36NO5P/c1-2-3-4-5-6-7-8-9-10-11-12-13-14-15-18(20)17(19)16-24-25(21,22)23/h10-11,14-15,17-18,20H,2-9,12-13,16,19H2,1H3,(H2,21,22,23)/b11-10+,15-14+/t17-,18+/m0/s1. The first-order chi connectivity index (χ1) is 11.9. The predicted octanol–water partition coefficient (Wildman–Crippen LogP) is 3.82. The molecule has 0 spiro atoms. The average Bonchev–Trinajstić information content (AvgIpc) is 2.56. The van der Waals surface area contributed by atoms with Crippen molar-refractivity contribution >= 4 is 7.82 Å². The molecule has 0 amide bonds. The molecule has 25 heavy (non-hydrogen) atoms. The summed E-state index contributed by atoms with van der Waals surface area (Å²) in [5.74, 6) is 0. The number of hydrogen-bond acceptors (Lipinski definition) is 4. The van der Waals surface area contributed by atoms with Gasteiger partial charge >= 0.3 is 7.82 Å². The summed E-state index contributed by atoms with van der Waals surface area (Å²) >= 11 is 0. The Morgan fingerprint density at radius 1 is 0.960 bits per heavy atom. The zero-order valence-electron chi connectivity index (χ0n) is 15.4. The third-order valence-electron chi connectivity index (χ3n) is 3.85. The molecule has 0 aliphatic rings. The smallest absolute Gasteiger partial charge is 0.387 e. The van der Waals surface area contributed by atoms with Crippen LogP contribution in [0.2, 0.25) is 0 Å². The zero-order chi connectivity index (χ0) is 19.0. The van der Waals surface area contributed by atoms with Crippen molar-refractivity contribution in [3.05, 3.63) is 24.3 Å². The van der Waals surface area contributed by atoms with E-state index in [1.54, 1.807) is 0 Å². The highest BCUT2D eigenvalue weighted by molar-refractivity contribution is 7.46. The van der Waals surface area contributed by atoms with Crippen molar-refractivity contribution in [3.63, 3.8) is 0 Å². The lowest BCUT2D eigenvalue weighted by molar-refractivity contribution is 0.129. The van der Waals surface area contributed by atoms with Gasteiger partial charge in [0.25, 0.3) is 0 Å². The number of aliphatic hydroxyl groups excluding tert-OH is 1. The largest absolute Gasteiger partial charge is 0.469 e. The van der Waals surface area contributed by atoms with Gasteiger partial charge in [0.05, 0.1) is 18.8 Å². The van der Waals surface area contributed by atoms with Gasteiger partial charge < -0.3 is 20.6 Å². The maximum Gasteiger partial charge on any atom is 0.469 e. The minimum Gasteiger partial charge on any atom is -0.387 e. The maximum atomic E-state index is 10.6. The van der Waals surface area contributed by atoms with Gasteiger partial charge in [-0.05, 0) is 25.7 Å². The van der Waals surface area contributed by atoms with Gasteiger partial charge in [-0.2, -0.15) is 0 Å². The van der Waals surface area contributed by atoms with E-state index in [9.17, 15) is 9.67 Å². The van der Waals surface area contributed by atoms with Crippen LogP contribution in [-0.2, 0) is 9.09 Å². The van der Waals surface area contributed by atoms with E-state index in [0.29, 0.717) is 0 Å². The van der Waals surface area contributed by atoms with Gasteiger partial charge in [-0.3, -0.25) is 4.52 Å². The van der Waals surface area contributed by atoms with Crippen LogP contribution in [0.4, 0.5) is 0 Å². The molecule has 0 aromatic rings. The highest BCUT2D eigenvalue weighted by Crippen LogP contribution is 2.35. The topological polar surface area (TPSA) is 113 Å². The molecule has 2 atom stereocenters. The molecular formula is C18H36NO5P. The van der Waals surface area contributed by atoms with Crippen LogP contribution < -0.4 is 5.73 Å². The Hall–Kier alpha value is -0.490. The number of aliphatic hydroxyl groups is 1. The van der Waals surface area contributed by atoms with E-state index in [4.69, 9.17) is 15.5 Å². The van der Waals surface area contributed by atoms with Crippen molar-refractivity contribution in [2.24, 2.45) is 5.73 Å². The second-order valence-corrected chi connectivity index (χ2v) is 7.57. The number of unbranched alkanes of at least 4 members (excludes halogenated alkanes) is 8. The lowest BCUT2D eigenvalue weighted by atomic mass is 10.1. The average molecular weight is 377 g/mol. The summed E-state index contributed by atoms with van der Waals surface area (Å²) in [6.45, 7) is 1.84. The Bertz CT molecular complexity index is 408. The summed E-state index contributed by atoms with van der Waals surface area (Å²) in [5.41, 5.74) is 5.59. The second kappa shape index (κ2) is 15.7.